The molecule has 2 aliphatic rings. The smallest absolute Gasteiger partial charge is 0.269 e. The van der Waals surface area contributed by atoms with Crippen LogP contribution >= 0.6 is 0 Å². The van der Waals surface area contributed by atoms with Gasteiger partial charge in [0.15, 0.2) is 0 Å². The number of ether oxygens (including phenoxy) is 2. The summed E-state index contributed by atoms with van der Waals surface area (Å²) in [6, 6.07) is 3.79. The first-order valence-electron chi connectivity index (χ1n) is 5.61. The van der Waals surface area contributed by atoms with Crippen LogP contribution in [0, 0.1) is 18.3 Å². The van der Waals surface area contributed by atoms with Crippen LogP contribution in [0.15, 0.2) is 10.9 Å². The first kappa shape index (κ1) is 10.5. The second-order valence-corrected chi connectivity index (χ2v) is 4.36. The van der Waals surface area contributed by atoms with Crippen molar-refractivity contribution >= 4 is 0 Å². The van der Waals surface area contributed by atoms with Gasteiger partial charge < -0.3 is 14.0 Å². The second kappa shape index (κ2) is 3.42. The van der Waals surface area contributed by atoms with Crippen LogP contribution in [0.3, 0.4) is 0 Å². The van der Waals surface area contributed by atoms with Crippen molar-refractivity contribution in [3.05, 3.63) is 33.2 Å². The van der Waals surface area contributed by atoms with Crippen molar-refractivity contribution in [3.63, 3.8) is 0 Å². The average molecular weight is 232 g/mol. The van der Waals surface area contributed by atoms with E-state index in [1.165, 1.54) is 0 Å². The SMILES string of the molecule is Cc1cc2n(c(=O)c1C#N)CCC21OCCO1. The highest BCUT2D eigenvalue weighted by molar-refractivity contribution is 5.38. The summed E-state index contributed by atoms with van der Waals surface area (Å²) in [6.07, 6.45) is 0.635. The van der Waals surface area contributed by atoms with E-state index in [2.05, 4.69) is 0 Å². The van der Waals surface area contributed by atoms with Crippen molar-refractivity contribution in [2.45, 2.75) is 25.7 Å². The van der Waals surface area contributed by atoms with Gasteiger partial charge in [-0.2, -0.15) is 5.26 Å². The maximum atomic E-state index is 12.1. The van der Waals surface area contributed by atoms with Gasteiger partial charge in [0.05, 0.1) is 18.9 Å². The van der Waals surface area contributed by atoms with E-state index in [9.17, 15) is 4.79 Å². The summed E-state index contributed by atoms with van der Waals surface area (Å²) in [7, 11) is 0. The van der Waals surface area contributed by atoms with E-state index < -0.39 is 5.79 Å². The third-order valence-electron chi connectivity index (χ3n) is 3.42. The predicted molar refractivity (Wildman–Crippen MR) is 58.4 cm³/mol. The molecular weight excluding hydrogens is 220 g/mol. The molecule has 1 fully saturated rings. The number of hydrogen-bond donors (Lipinski definition) is 0. The fourth-order valence-corrected chi connectivity index (χ4v) is 2.58. The first-order valence-corrected chi connectivity index (χ1v) is 5.61. The van der Waals surface area contributed by atoms with E-state index >= 15 is 0 Å². The molecule has 17 heavy (non-hydrogen) atoms. The average Bonchev–Trinajstić information content (AvgIpc) is 2.90. The Balaban J connectivity index is 2.25. The number of fused-ring (bicyclic) bond motifs is 2. The minimum absolute atomic E-state index is 0.212. The van der Waals surface area contributed by atoms with Crippen molar-refractivity contribution in [1.82, 2.24) is 4.57 Å². The Morgan fingerprint density at radius 3 is 2.82 bits per heavy atom. The second-order valence-electron chi connectivity index (χ2n) is 4.36. The van der Waals surface area contributed by atoms with Crippen LogP contribution in [0.4, 0.5) is 0 Å². The molecule has 3 rings (SSSR count). The summed E-state index contributed by atoms with van der Waals surface area (Å²) in [6.45, 7) is 3.41. The van der Waals surface area contributed by atoms with Gasteiger partial charge >= 0.3 is 0 Å². The first-order chi connectivity index (χ1) is 8.18. The number of aromatic nitrogens is 1. The van der Waals surface area contributed by atoms with E-state index in [4.69, 9.17) is 14.7 Å². The number of pyridine rings is 1. The molecule has 0 radical (unpaired) electrons. The summed E-state index contributed by atoms with van der Waals surface area (Å²) >= 11 is 0. The Hall–Kier alpha value is -1.64. The van der Waals surface area contributed by atoms with Crippen LogP contribution in [-0.2, 0) is 21.8 Å². The zero-order valence-corrected chi connectivity index (χ0v) is 9.52. The highest BCUT2D eigenvalue weighted by Gasteiger charge is 2.45. The molecule has 0 aromatic carbocycles. The molecule has 0 aliphatic carbocycles. The van der Waals surface area contributed by atoms with Crippen LogP contribution in [-0.4, -0.2) is 17.8 Å². The molecule has 1 spiro atoms. The fourth-order valence-electron chi connectivity index (χ4n) is 2.58. The summed E-state index contributed by atoms with van der Waals surface area (Å²) < 4.78 is 12.9. The van der Waals surface area contributed by atoms with Crippen LogP contribution in [0.25, 0.3) is 0 Å². The van der Waals surface area contributed by atoms with Crippen LogP contribution in [0.5, 0.6) is 0 Å². The van der Waals surface area contributed by atoms with Crippen LogP contribution in [0.1, 0.15) is 23.2 Å². The predicted octanol–water partition coefficient (Wildman–Crippen LogP) is 0.632. The van der Waals surface area contributed by atoms with Crippen molar-refractivity contribution < 1.29 is 9.47 Å². The standard InChI is InChI=1S/C12H12N2O3/c1-8-6-10-12(16-4-5-17-12)2-3-14(10)11(15)9(8)7-13/h6H,2-5H2,1H3. The van der Waals surface area contributed by atoms with Crippen molar-refractivity contribution in [2.75, 3.05) is 13.2 Å². The number of nitrogens with zero attached hydrogens (tertiary/aromatic N) is 2. The third-order valence-corrected chi connectivity index (χ3v) is 3.42. The molecule has 88 valence electrons. The topological polar surface area (TPSA) is 64.2 Å². The molecule has 0 bridgehead atoms. The van der Waals surface area contributed by atoms with Crippen LogP contribution in [0.2, 0.25) is 0 Å². The van der Waals surface area contributed by atoms with Gasteiger partial charge in [-0.3, -0.25) is 4.79 Å². The van der Waals surface area contributed by atoms with E-state index in [1.54, 1.807) is 11.5 Å². The highest BCUT2D eigenvalue weighted by Crippen LogP contribution is 2.39. The Labute approximate surface area is 98.2 Å². The Kier molecular flexibility index (Phi) is 2.12. The lowest BCUT2D eigenvalue weighted by Gasteiger charge is -2.22. The molecule has 0 unspecified atom stereocenters. The molecule has 5 heteroatoms. The molecule has 0 atom stereocenters. The third kappa shape index (κ3) is 1.28. The Bertz CT molecular complexity index is 577. The summed E-state index contributed by atoms with van der Waals surface area (Å²) in [4.78, 5) is 12.1. The van der Waals surface area contributed by atoms with Crippen molar-refractivity contribution in [2.24, 2.45) is 0 Å². The lowest BCUT2D eigenvalue weighted by atomic mass is 10.1. The number of nitriles is 1. The molecule has 0 amide bonds. The van der Waals surface area contributed by atoms with Gasteiger partial charge in [-0.25, -0.2) is 0 Å². The van der Waals surface area contributed by atoms with E-state index in [0.29, 0.717) is 31.7 Å². The number of hydrogen-bond acceptors (Lipinski definition) is 4. The van der Waals surface area contributed by atoms with Gasteiger partial charge in [0.2, 0.25) is 5.79 Å². The zero-order valence-electron chi connectivity index (χ0n) is 9.52. The molecule has 2 aliphatic heterocycles. The van der Waals surface area contributed by atoms with Gasteiger partial charge in [0, 0.05) is 13.0 Å². The quantitative estimate of drug-likeness (QED) is 0.658. The molecule has 5 nitrogen and oxygen atoms in total. The molecule has 3 heterocycles. The van der Waals surface area contributed by atoms with Crippen molar-refractivity contribution in [1.29, 1.82) is 5.26 Å². The van der Waals surface area contributed by atoms with Gasteiger partial charge in [-0.1, -0.05) is 0 Å². The number of rotatable bonds is 0. The van der Waals surface area contributed by atoms with Gasteiger partial charge in [0.25, 0.3) is 5.56 Å². The monoisotopic (exact) mass is 232 g/mol. The largest absolute Gasteiger partial charge is 0.342 e. The zero-order chi connectivity index (χ0) is 12.0. The maximum absolute atomic E-state index is 12.1. The summed E-state index contributed by atoms with van der Waals surface area (Å²) in [5.74, 6) is -0.752. The maximum Gasteiger partial charge on any atom is 0.269 e. The fraction of sp³-hybridized carbons (Fsp3) is 0.500. The summed E-state index contributed by atoms with van der Waals surface area (Å²) in [5.41, 5.74) is 1.41. The van der Waals surface area contributed by atoms with E-state index in [1.807, 2.05) is 12.1 Å². The van der Waals surface area contributed by atoms with E-state index in [-0.39, 0.29) is 11.1 Å². The minimum atomic E-state index is -0.752. The van der Waals surface area contributed by atoms with Crippen molar-refractivity contribution in [3.8, 4) is 6.07 Å². The van der Waals surface area contributed by atoms with Gasteiger partial charge in [-0.05, 0) is 18.6 Å². The Morgan fingerprint density at radius 1 is 1.47 bits per heavy atom. The Morgan fingerprint density at radius 2 is 2.18 bits per heavy atom. The number of aryl methyl sites for hydroxylation is 1. The molecule has 0 saturated carbocycles. The molecule has 0 N–H and O–H groups in total. The van der Waals surface area contributed by atoms with Crippen LogP contribution < -0.4 is 5.56 Å². The highest BCUT2D eigenvalue weighted by atomic mass is 16.7. The van der Waals surface area contributed by atoms with E-state index in [0.717, 1.165) is 5.69 Å². The lowest BCUT2D eigenvalue weighted by molar-refractivity contribution is -0.163. The molecule has 1 aromatic heterocycles. The normalized spacial score (nSPS) is 20.5. The molecule has 1 saturated heterocycles. The molecule has 1 aromatic rings. The lowest BCUT2D eigenvalue weighted by Crippen LogP contribution is -2.29. The van der Waals surface area contributed by atoms with Gasteiger partial charge in [-0.15, -0.1) is 0 Å². The molecular formula is C12H12N2O3. The summed E-state index contributed by atoms with van der Waals surface area (Å²) in [5, 5.41) is 8.96. The van der Waals surface area contributed by atoms with Gasteiger partial charge in [0.1, 0.15) is 11.6 Å². The minimum Gasteiger partial charge on any atom is -0.342 e.